The molecule has 0 rings (SSSR count). The van der Waals surface area contributed by atoms with Gasteiger partial charge in [-0.15, -0.1) is 0 Å². The van der Waals surface area contributed by atoms with Crippen molar-refractivity contribution in [1.82, 2.24) is 5.32 Å². The molecule has 0 aliphatic rings. The van der Waals surface area contributed by atoms with Crippen molar-refractivity contribution in [3.8, 4) is 0 Å². The van der Waals surface area contributed by atoms with Crippen molar-refractivity contribution >= 4 is 13.7 Å². The van der Waals surface area contributed by atoms with Gasteiger partial charge in [0.15, 0.2) is 0 Å². The Morgan fingerprint density at radius 3 is 1.73 bits per heavy atom. The highest BCUT2D eigenvalue weighted by Gasteiger charge is 2.23. The van der Waals surface area contributed by atoms with Crippen molar-refractivity contribution in [2.45, 2.75) is 161 Å². The Morgan fingerprint density at radius 1 is 0.756 bits per heavy atom. The number of likely N-dealkylation sites (N-methyl/N-ethyl adjacent to an activating group) is 1. The van der Waals surface area contributed by atoms with Gasteiger partial charge in [0.1, 0.15) is 13.2 Å². The van der Waals surface area contributed by atoms with Gasteiger partial charge >= 0.3 is 0 Å². The predicted octanol–water partition coefficient (Wildman–Crippen LogP) is 8.38. The molecule has 0 aromatic heterocycles. The van der Waals surface area contributed by atoms with Gasteiger partial charge in [0.05, 0.1) is 39.9 Å². The zero-order chi connectivity index (χ0) is 33.7. The van der Waals surface area contributed by atoms with Crippen LogP contribution in [0.1, 0.15) is 149 Å². The molecule has 0 aliphatic heterocycles. The van der Waals surface area contributed by atoms with E-state index in [0.29, 0.717) is 17.4 Å². The van der Waals surface area contributed by atoms with E-state index in [1.807, 2.05) is 27.2 Å². The van der Waals surface area contributed by atoms with Crippen molar-refractivity contribution < 1.29 is 32.9 Å². The highest BCUT2D eigenvalue weighted by atomic mass is 31.2. The maximum Gasteiger partial charge on any atom is 0.268 e. The van der Waals surface area contributed by atoms with E-state index >= 15 is 0 Å². The number of quaternary nitrogens is 1. The Morgan fingerprint density at radius 2 is 1.22 bits per heavy atom. The zero-order valence-electron chi connectivity index (χ0n) is 29.8. The fourth-order valence-corrected chi connectivity index (χ4v) is 5.63. The second kappa shape index (κ2) is 29.1. The SMILES string of the molecule is CCCCCCC/C=C\CCCCCCCC(=O)NC(COP(=O)([O-])OCC[N+](C)(C)C)C(O)/C=C/CCCCCCCCC. The summed E-state index contributed by atoms with van der Waals surface area (Å²) in [4.78, 5) is 25.0. The summed E-state index contributed by atoms with van der Waals surface area (Å²) in [7, 11) is 1.25. The van der Waals surface area contributed by atoms with Gasteiger partial charge in [0.2, 0.25) is 5.91 Å². The van der Waals surface area contributed by atoms with Crippen LogP contribution in [0.4, 0.5) is 0 Å². The molecule has 0 bridgehead atoms. The predicted molar refractivity (Wildman–Crippen MR) is 187 cm³/mol. The minimum atomic E-state index is -4.57. The molecule has 8 nitrogen and oxygen atoms in total. The van der Waals surface area contributed by atoms with E-state index in [1.54, 1.807) is 6.08 Å². The smallest absolute Gasteiger partial charge is 0.268 e. The Bertz CT molecular complexity index is 799. The van der Waals surface area contributed by atoms with E-state index in [4.69, 9.17) is 9.05 Å². The number of hydrogen-bond donors (Lipinski definition) is 2. The number of aliphatic hydroxyl groups is 1. The Hall–Kier alpha value is -1.02. The maximum absolute atomic E-state index is 12.7. The van der Waals surface area contributed by atoms with Crippen LogP contribution in [-0.4, -0.2) is 68.5 Å². The average Bonchev–Trinajstić information content (AvgIpc) is 2.97. The third-order valence-electron chi connectivity index (χ3n) is 7.91. The van der Waals surface area contributed by atoms with Crippen LogP contribution in [0, 0.1) is 0 Å². The number of nitrogens with zero attached hydrogens (tertiary/aromatic N) is 1. The van der Waals surface area contributed by atoms with Gasteiger partial charge in [0, 0.05) is 6.42 Å². The van der Waals surface area contributed by atoms with Crippen LogP contribution in [-0.2, 0) is 18.4 Å². The molecule has 1 amide bonds. The lowest BCUT2D eigenvalue weighted by atomic mass is 10.1. The van der Waals surface area contributed by atoms with Crippen LogP contribution in [0.15, 0.2) is 24.3 Å². The summed E-state index contributed by atoms with van der Waals surface area (Å²) in [6.45, 7) is 4.57. The third-order valence-corrected chi connectivity index (χ3v) is 8.87. The number of carbonyl (C=O) groups excluding carboxylic acids is 1. The molecule has 3 atom stereocenters. The molecule has 0 fully saturated rings. The fourth-order valence-electron chi connectivity index (χ4n) is 4.91. The molecule has 0 aliphatic carbocycles. The molecule has 0 radical (unpaired) electrons. The van der Waals surface area contributed by atoms with Crippen LogP contribution in [0.2, 0.25) is 0 Å². The van der Waals surface area contributed by atoms with Crippen LogP contribution in [0.25, 0.3) is 0 Å². The second-order valence-corrected chi connectivity index (χ2v) is 15.0. The maximum atomic E-state index is 12.7. The first-order valence-electron chi connectivity index (χ1n) is 18.2. The first-order chi connectivity index (χ1) is 21.5. The summed E-state index contributed by atoms with van der Waals surface area (Å²) in [6, 6.07) is -0.884. The lowest BCUT2D eigenvalue weighted by Gasteiger charge is -2.29. The molecule has 45 heavy (non-hydrogen) atoms. The molecular formula is C36H71N2O6P. The normalized spacial score (nSPS) is 15.1. The number of phosphoric acid groups is 1. The summed E-state index contributed by atoms with van der Waals surface area (Å²) in [5.41, 5.74) is 0. The lowest BCUT2D eigenvalue weighted by molar-refractivity contribution is -0.870. The summed E-state index contributed by atoms with van der Waals surface area (Å²) in [5.74, 6) is -0.211. The molecule has 9 heteroatoms. The van der Waals surface area contributed by atoms with Crippen LogP contribution in [0.5, 0.6) is 0 Å². The summed E-state index contributed by atoms with van der Waals surface area (Å²) >= 11 is 0. The van der Waals surface area contributed by atoms with Crippen molar-refractivity contribution in [2.75, 3.05) is 40.9 Å². The van der Waals surface area contributed by atoms with Gasteiger partial charge in [0.25, 0.3) is 7.82 Å². The van der Waals surface area contributed by atoms with E-state index in [2.05, 4.69) is 31.3 Å². The van der Waals surface area contributed by atoms with E-state index < -0.39 is 20.0 Å². The molecule has 0 heterocycles. The van der Waals surface area contributed by atoms with E-state index in [-0.39, 0.29) is 19.1 Å². The lowest BCUT2D eigenvalue weighted by Crippen LogP contribution is -2.45. The van der Waals surface area contributed by atoms with Gasteiger partial charge in [-0.2, -0.15) is 0 Å². The van der Waals surface area contributed by atoms with Gasteiger partial charge < -0.3 is 28.8 Å². The first kappa shape index (κ1) is 44.0. The van der Waals surface area contributed by atoms with Crippen molar-refractivity contribution in [2.24, 2.45) is 0 Å². The number of rotatable bonds is 32. The number of allylic oxidation sites excluding steroid dienone is 3. The van der Waals surface area contributed by atoms with E-state index in [1.165, 1.54) is 77.0 Å². The quantitative estimate of drug-likeness (QED) is 0.0325. The molecule has 0 spiro atoms. The van der Waals surface area contributed by atoms with Gasteiger partial charge in [-0.25, -0.2) is 0 Å². The molecule has 0 aromatic rings. The van der Waals surface area contributed by atoms with Crippen molar-refractivity contribution in [3.63, 3.8) is 0 Å². The van der Waals surface area contributed by atoms with E-state index in [0.717, 1.165) is 51.4 Å². The standard InChI is InChI=1S/C36H71N2O6P/c1-6-8-10-12-14-16-17-18-19-20-22-24-26-28-30-36(40)37-34(33-44-45(41,42)43-32-31-38(3,4)5)35(39)29-27-25-23-21-15-13-11-9-7-2/h17-18,27,29,34-35,39H,6-16,19-26,28,30-33H2,1-5H3,(H-,37,40,41,42)/b18-17-,29-27+. The zero-order valence-corrected chi connectivity index (χ0v) is 30.7. The number of hydrogen-bond acceptors (Lipinski definition) is 6. The van der Waals surface area contributed by atoms with Crippen LogP contribution in [0.3, 0.4) is 0 Å². The largest absolute Gasteiger partial charge is 0.756 e. The van der Waals surface area contributed by atoms with Crippen molar-refractivity contribution in [3.05, 3.63) is 24.3 Å². The third kappa shape index (κ3) is 31.4. The molecule has 2 N–H and O–H groups in total. The van der Waals surface area contributed by atoms with Crippen molar-refractivity contribution in [1.29, 1.82) is 0 Å². The van der Waals surface area contributed by atoms with E-state index in [9.17, 15) is 19.4 Å². The Balaban J connectivity index is 4.54. The molecular weight excluding hydrogens is 587 g/mol. The number of aliphatic hydroxyl groups excluding tert-OH is 1. The van der Waals surface area contributed by atoms with Gasteiger partial charge in [-0.3, -0.25) is 9.36 Å². The van der Waals surface area contributed by atoms with Gasteiger partial charge in [-0.05, 0) is 44.9 Å². The highest BCUT2D eigenvalue weighted by molar-refractivity contribution is 7.45. The summed E-state index contributed by atoms with van der Waals surface area (Å²) in [6.07, 6.45) is 30.8. The average molecular weight is 659 g/mol. The number of unbranched alkanes of at least 4 members (excludes halogenated alkanes) is 17. The summed E-state index contributed by atoms with van der Waals surface area (Å²) in [5, 5.41) is 13.6. The van der Waals surface area contributed by atoms with Crippen LogP contribution >= 0.6 is 7.82 Å². The molecule has 0 saturated heterocycles. The Kier molecular flexibility index (Phi) is 28.5. The number of phosphoric ester groups is 1. The molecule has 266 valence electrons. The monoisotopic (exact) mass is 659 g/mol. The number of amides is 1. The Labute approximate surface area is 277 Å². The molecule has 0 aromatic carbocycles. The van der Waals surface area contributed by atoms with Gasteiger partial charge in [-0.1, -0.05) is 122 Å². The van der Waals surface area contributed by atoms with Crippen LogP contribution < -0.4 is 10.2 Å². The topological polar surface area (TPSA) is 108 Å². The minimum Gasteiger partial charge on any atom is -0.756 e. The first-order valence-corrected chi connectivity index (χ1v) is 19.7. The number of nitrogens with one attached hydrogen (secondary N) is 1. The molecule has 3 unspecified atom stereocenters. The second-order valence-electron chi connectivity index (χ2n) is 13.6. The summed E-state index contributed by atoms with van der Waals surface area (Å²) < 4.78 is 23.0. The number of carbonyl (C=O) groups is 1. The minimum absolute atomic E-state index is 0.00236. The fraction of sp³-hybridized carbons (Fsp3) is 0.861. The highest BCUT2D eigenvalue weighted by Crippen LogP contribution is 2.38. The molecule has 0 saturated carbocycles.